The van der Waals surface area contributed by atoms with Gasteiger partial charge in [-0.1, -0.05) is 12.1 Å². The van der Waals surface area contributed by atoms with E-state index >= 15 is 0 Å². The monoisotopic (exact) mass is 468 g/mol. The largest absolute Gasteiger partial charge is 4.00 e. The number of rotatable bonds is 2. The van der Waals surface area contributed by atoms with E-state index in [1.165, 1.54) is 32.2 Å². The standard InChI is InChI=1S/2C11H12P.2ClH.Ti/c2*1-12(2)11-7-9-5-3-4-6-10(9)8-11;;;/h2*3-8H,1-2H3;2*1H;/q2*-1;;;+4/p-2. The molecule has 0 heterocycles. The van der Waals surface area contributed by atoms with Gasteiger partial charge in [-0.25, -0.2) is 0 Å². The summed E-state index contributed by atoms with van der Waals surface area (Å²) in [5, 5.41) is 8.53. The fraction of sp³-hybridized carbons (Fsp3) is 0.182. The first-order valence-electron chi connectivity index (χ1n) is 8.20. The van der Waals surface area contributed by atoms with Crippen molar-refractivity contribution in [2.24, 2.45) is 0 Å². The third-order valence-corrected chi connectivity index (χ3v) is 6.82. The predicted molar refractivity (Wildman–Crippen MR) is 116 cm³/mol. The van der Waals surface area contributed by atoms with E-state index in [0.29, 0.717) is 0 Å². The molecule has 0 N–H and O–H groups in total. The summed E-state index contributed by atoms with van der Waals surface area (Å²) in [7, 11) is 0.115. The van der Waals surface area contributed by atoms with Gasteiger partial charge in [-0.3, -0.25) is 0 Å². The van der Waals surface area contributed by atoms with E-state index in [1.807, 2.05) is 0 Å². The summed E-state index contributed by atoms with van der Waals surface area (Å²) in [4.78, 5) is 0. The van der Waals surface area contributed by atoms with Crippen LogP contribution in [0.15, 0.2) is 72.8 Å². The Morgan fingerprint density at radius 2 is 0.926 bits per heavy atom. The topological polar surface area (TPSA) is 0 Å². The number of benzene rings is 2. The molecule has 0 aromatic heterocycles. The summed E-state index contributed by atoms with van der Waals surface area (Å²) in [6, 6.07) is 26.3. The molecule has 0 unspecified atom stereocenters. The zero-order valence-corrected chi connectivity index (χ0v) is 20.9. The van der Waals surface area contributed by atoms with Gasteiger partial charge >= 0.3 is 21.7 Å². The van der Waals surface area contributed by atoms with E-state index < -0.39 is 0 Å². The predicted octanol–water partition coefficient (Wildman–Crippen LogP) is -0.143. The van der Waals surface area contributed by atoms with Crippen molar-refractivity contribution < 1.29 is 46.5 Å². The van der Waals surface area contributed by atoms with Gasteiger partial charge in [0.25, 0.3) is 0 Å². The van der Waals surface area contributed by atoms with Crippen LogP contribution in [0.4, 0.5) is 0 Å². The minimum absolute atomic E-state index is 0. The molecule has 0 saturated carbocycles. The fourth-order valence-electron chi connectivity index (χ4n) is 2.78. The molecule has 0 nitrogen and oxygen atoms in total. The summed E-state index contributed by atoms with van der Waals surface area (Å²) in [6.07, 6.45) is 0. The van der Waals surface area contributed by atoms with Crippen molar-refractivity contribution in [3.8, 4) is 0 Å². The first kappa shape index (κ1) is 26.8. The molecule has 4 aromatic carbocycles. The number of hydrogen-bond acceptors (Lipinski definition) is 0. The quantitative estimate of drug-likeness (QED) is 0.218. The molecular weight excluding hydrogens is 445 g/mol. The summed E-state index contributed by atoms with van der Waals surface area (Å²) in [5.41, 5.74) is 0. The van der Waals surface area contributed by atoms with E-state index in [9.17, 15) is 0 Å². The van der Waals surface area contributed by atoms with E-state index in [0.717, 1.165) is 0 Å². The number of halogens is 2. The third-order valence-electron chi connectivity index (χ3n) is 4.24. The molecule has 0 aliphatic heterocycles. The Balaban J connectivity index is 0.000000451. The van der Waals surface area contributed by atoms with Crippen molar-refractivity contribution in [1.82, 2.24) is 0 Å². The van der Waals surface area contributed by atoms with Crippen LogP contribution in [-0.4, -0.2) is 26.7 Å². The molecule has 140 valence electrons. The van der Waals surface area contributed by atoms with Crippen molar-refractivity contribution in [2.45, 2.75) is 0 Å². The Bertz CT molecular complexity index is 797. The van der Waals surface area contributed by atoms with Gasteiger partial charge in [0.2, 0.25) is 0 Å². The van der Waals surface area contributed by atoms with Gasteiger partial charge in [0, 0.05) is 0 Å². The van der Waals surface area contributed by atoms with Crippen molar-refractivity contribution >= 4 is 48.0 Å². The Morgan fingerprint density at radius 3 is 1.22 bits per heavy atom. The van der Waals surface area contributed by atoms with Crippen LogP contribution in [0.5, 0.6) is 0 Å². The summed E-state index contributed by atoms with van der Waals surface area (Å²) >= 11 is 0. The molecule has 0 amide bonds. The molecule has 5 heteroatoms. The van der Waals surface area contributed by atoms with Crippen molar-refractivity contribution in [1.29, 1.82) is 0 Å². The van der Waals surface area contributed by atoms with E-state index in [1.54, 1.807) is 0 Å². The minimum Gasteiger partial charge on any atom is -1.00 e. The Labute approximate surface area is 193 Å². The summed E-state index contributed by atoms with van der Waals surface area (Å²) < 4.78 is 0. The van der Waals surface area contributed by atoms with E-state index in [4.69, 9.17) is 0 Å². The maximum absolute atomic E-state index is 2.31. The molecule has 27 heavy (non-hydrogen) atoms. The Kier molecular flexibility index (Phi) is 12.3. The minimum atomic E-state index is 0. The molecular formula is C22H24Cl2P2Ti. The molecule has 4 rings (SSSR count). The molecule has 0 bridgehead atoms. The zero-order chi connectivity index (χ0) is 17.1. The maximum Gasteiger partial charge on any atom is 4.00 e. The first-order valence-corrected chi connectivity index (χ1v) is 12.7. The van der Waals surface area contributed by atoms with Gasteiger partial charge in [-0.05, 0) is 26.7 Å². The van der Waals surface area contributed by atoms with Crippen LogP contribution in [0.2, 0.25) is 0 Å². The van der Waals surface area contributed by atoms with Crippen LogP contribution in [0.1, 0.15) is 0 Å². The third kappa shape index (κ3) is 6.97. The van der Waals surface area contributed by atoms with Crippen LogP contribution in [0.25, 0.3) is 21.5 Å². The second-order valence-corrected chi connectivity index (χ2v) is 11.1. The van der Waals surface area contributed by atoms with Crippen LogP contribution >= 0.6 is 15.8 Å². The van der Waals surface area contributed by atoms with Crippen LogP contribution in [-0.2, 0) is 21.7 Å². The number of hydrogen-bond donors (Lipinski definition) is 0. The second kappa shape index (κ2) is 12.4. The average Bonchev–Trinajstić information content (AvgIpc) is 3.19. The molecule has 0 atom stereocenters. The molecule has 0 aliphatic rings. The van der Waals surface area contributed by atoms with Gasteiger partial charge < -0.3 is 24.8 Å². The zero-order valence-electron chi connectivity index (χ0n) is 16.1. The van der Waals surface area contributed by atoms with Gasteiger partial charge in [0.05, 0.1) is 0 Å². The molecule has 0 radical (unpaired) electrons. The van der Waals surface area contributed by atoms with Gasteiger partial charge in [0.1, 0.15) is 0 Å². The molecule has 0 saturated heterocycles. The normalized spacial score (nSPS) is 10.0. The summed E-state index contributed by atoms with van der Waals surface area (Å²) in [6.45, 7) is 9.18. The SMILES string of the molecule is CP(C)c1cc2ccccc2[cH-]1.CP(C)c1cc2ccccc2[cH-]1.[Cl-].[Cl-].[Ti+4]. The van der Waals surface area contributed by atoms with Gasteiger partial charge in [-0.2, -0.15) is 12.1 Å². The fourth-order valence-corrected chi connectivity index (χ4v) is 4.37. The maximum atomic E-state index is 2.31. The molecule has 0 aliphatic carbocycles. The van der Waals surface area contributed by atoms with Crippen LogP contribution in [0.3, 0.4) is 0 Å². The molecule has 4 aromatic rings. The van der Waals surface area contributed by atoms with Crippen molar-refractivity contribution in [3.63, 3.8) is 0 Å². The van der Waals surface area contributed by atoms with Crippen LogP contribution in [0, 0.1) is 0 Å². The second-order valence-electron chi connectivity index (χ2n) is 6.47. The molecule has 0 fully saturated rings. The van der Waals surface area contributed by atoms with Crippen molar-refractivity contribution in [3.05, 3.63) is 72.8 Å². The Hall–Kier alpha value is -0.186. The number of fused-ring (bicyclic) bond motifs is 2. The average molecular weight is 469 g/mol. The van der Waals surface area contributed by atoms with Crippen molar-refractivity contribution in [2.75, 3.05) is 26.7 Å². The first-order chi connectivity index (χ1) is 11.5. The summed E-state index contributed by atoms with van der Waals surface area (Å²) in [5.74, 6) is 0. The van der Waals surface area contributed by atoms with Crippen LogP contribution < -0.4 is 35.4 Å². The molecule has 0 spiro atoms. The Morgan fingerprint density at radius 1 is 0.593 bits per heavy atom. The smallest absolute Gasteiger partial charge is 1.00 e. The van der Waals surface area contributed by atoms with Gasteiger partial charge in [-0.15, -0.1) is 96.5 Å². The van der Waals surface area contributed by atoms with E-state index in [2.05, 4.69) is 99.5 Å². The van der Waals surface area contributed by atoms with Gasteiger partial charge in [0.15, 0.2) is 0 Å². The van der Waals surface area contributed by atoms with E-state index in [-0.39, 0.29) is 62.4 Å².